The molecule has 90 valence electrons. The van der Waals surface area contributed by atoms with Crippen LogP contribution in [0.5, 0.6) is 0 Å². The highest BCUT2D eigenvalue weighted by Gasteiger charge is 2.16. The van der Waals surface area contributed by atoms with Crippen molar-refractivity contribution in [3.63, 3.8) is 0 Å². The maximum atomic E-state index is 6.30. The smallest absolute Gasteiger partial charge is 0.114 e. The van der Waals surface area contributed by atoms with Gasteiger partial charge < -0.3 is 5.73 Å². The fourth-order valence-electron chi connectivity index (χ4n) is 1.98. The predicted molar refractivity (Wildman–Crippen MR) is 73.4 cm³/mol. The molecule has 0 saturated heterocycles. The normalized spacial score (nSPS) is 12.7. The lowest BCUT2D eigenvalue weighted by atomic mass is 10.0. The van der Waals surface area contributed by atoms with Gasteiger partial charge in [0.2, 0.25) is 0 Å². The fourth-order valence-corrected chi connectivity index (χ4v) is 3.01. The third-order valence-corrected chi connectivity index (χ3v) is 4.13. The second-order valence-electron chi connectivity index (χ2n) is 4.24. The van der Waals surface area contributed by atoms with Gasteiger partial charge in [-0.1, -0.05) is 31.2 Å². The first-order valence-electron chi connectivity index (χ1n) is 5.90. The summed E-state index contributed by atoms with van der Waals surface area (Å²) in [7, 11) is 0. The fraction of sp³-hybridized carbons (Fsp3) is 0.357. The Bertz CT molecular complexity index is 517. The molecule has 3 heteroatoms. The zero-order chi connectivity index (χ0) is 12.4. The van der Waals surface area contributed by atoms with Gasteiger partial charge in [0.25, 0.3) is 0 Å². The minimum atomic E-state index is -0.0970. The third kappa shape index (κ3) is 2.40. The van der Waals surface area contributed by atoms with Gasteiger partial charge in [-0.3, -0.25) is 0 Å². The van der Waals surface area contributed by atoms with Crippen molar-refractivity contribution in [3.05, 3.63) is 51.0 Å². The van der Waals surface area contributed by atoms with Gasteiger partial charge in [-0.2, -0.15) is 0 Å². The van der Waals surface area contributed by atoms with E-state index in [0.717, 1.165) is 11.4 Å². The SMILES string of the molecule is CCc1nc(C(N)c2ccccc2C)sc1C. The Morgan fingerprint density at radius 2 is 2.00 bits per heavy atom. The van der Waals surface area contributed by atoms with E-state index in [1.54, 1.807) is 11.3 Å². The molecule has 0 aliphatic carbocycles. The summed E-state index contributed by atoms with van der Waals surface area (Å²) in [4.78, 5) is 5.92. The van der Waals surface area contributed by atoms with Crippen molar-refractivity contribution in [3.8, 4) is 0 Å². The predicted octanol–water partition coefficient (Wildman–Crippen LogP) is 3.37. The largest absolute Gasteiger partial charge is 0.318 e. The molecule has 0 aliphatic rings. The van der Waals surface area contributed by atoms with Gasteiger partial charge >= 0.3 is 0 Å². The lowest BCUT2D eigenvalue weighted by Gasteiger charge is -2.11. The summed E-state index contributed by atoms with van der Waals surface area (Å²) in [6.45, 7) is 6.34. The van der Waals surface area contributed by atoms with E-state index in [9.17, 15) is 0 Å². The molecule has 2 N–H and O–H groups in total. The number of nitrogens with two attached hydrogens (primary N) is 1. The van der Waals surface area contributed by atoms with Gasteiger partial charge in [0.05, 0.1) is 11.7 Å². The zero-order valence-electron chi connectivity index (χ0n) is 10.5. The van der Waals surface area contributed by atoms with E-state index >= 15 is 0 Å². The van der Waals surface area contributed by atoms with Crippen LogP contribution in [0.2, 0.25) is 0 Å². The van der Waals surface area contributed by atoms with Gasteiger partial charge in [0, 0.05) is 4.88 Å². The van der Waals surface area contributed by atoms with Crippen LogP contribution >= 0.6 is 11.3 Å². The molecule has 2 nitrogen and oxygen atoms in total. The minimum absolute atomic E-state index is 0.0970. The Labute approximate surface area is 107 Å². The van der Waals surface area contributed by atoms with Crippen molar-refractivity contribution in [1.82, 2.24) is 4.98 Å². The Hall–Kier alpha value is -1.19. The molecule has 0 spiro atoms. The van der Waals surface area contributed by atoms with E-state index in [1.165, 1.54) is 21.7 Å². The second-order valence-corrected chi connectivity index (χ2v) is 5.48. The molecule has 1 aromatic heterocycles. The Balaban J connectivity index is 2.37. The molecule has 0 saturated carbocycles. The standard InChI is InChI=1S/C14H18N2S/c1-4-12-10(3)17-14(16-12)13(15)11-8-6-5-7-9(11)2/h5-8,13H,4,15H2,1-3H3. The number of aryl methyl sites for hydroxylation is 3. The summed E-state index contributed by atoms with van der Waals surface area (Å²) >= 11 is 1.71. The highest BCUT2D eigenvalue weighted by molar-refractivity contribution is 7.11. The summed E-state index contributed by atoms with van der Waals surface area (Å²) in [5.41, 5.74) is 9.87. The quantitative estimate of drug-likeness (QED) is 0.901. The second kappa shape index (κ2) is 4.98. The van der Waals surface area contributed by atoms with E-state index in [2.05, 4.69) is 37.9 Å². The van der Waals surface area contributed by atoms with Crippen molar-refractivity contribution in [2.24, 2.45) is 5.73 Å². The van der Waals surface area contributed by atoms with E-state index in [4.69, 9.17) is 5.73 Å². The summed E-state index contributed by atoms with van der Waals surface area (Å²) in [5.74, 6) is 0. The van der Waals surface area contributed by atoms with Crippen molar-refractivity contribution in [2.75, 3.05) is 0 Å². The zero-order valence-corrected chi connectivity index (χ0v) is 11.3. The van der Waals surface area contributed by atoms with Gasteiger partial charge in [0.1, 0.15) is 5.01 Å². The number of thiazole rings is 1. The molecular formula is C14H18N2S. The molecule has 1 atom stereocenters. The lowest BCUT2D eigenvalue weighted by molar-refractivity contribution is 0.836. The van der Waals surface area contributed by atoms with E-state index < -0.39 is 0 Å². The molecule has 17 heavy (non-hydrogen) atoms. The molecule has 0 bridgehead atoms. The maximum Gasteiger partial charge on any atom is 0.114 e. The van der Waals surface area contributed by atoms with E-state index in [0.29, 0.717) is 0 Å². The molecule has 1 aromatic carbocycles. The molecule has 0 radical (unpaired) electrons. The van der Waals surface area contributed by atoms with Crippen molar-refractivity contribution in [1.29, 1.82) is 0 Å². The average molecular weight is 246 g/mol. The van der Waals surface area contributed by atoms with Crippen molar-refractivity contribution < 1.29 is 0 Å². The molecule has 1 unspecified atom stereocenters. The number of hydrogen-bond acceptors (Lipinski definition) is 3. The van der Waals surface area contributed by atoms with Crippen LogP contribution in [0.25, 0.3) is 0 Å². The van der Waals surface area contributed by atoms with E-state index in [1.807, 2.05) is 12.1 Å². The maximum absolute atomic E-state index is 6.30. The molecule has 0 amide bonds. The monoisotopic (exact) mass is 246 g/mol. The van der Waals surface area contributed by atoms with Crippen LogP contribution in [-0.2, 0) is 6.42 Å². The number of hydrogen-bond donors (Lipinski definition) is 1. The third-order valence-electron chi connectivity index (χ3n) is 3.03. The van der Waals surface area contributed by atoms with Gasteiger partial charge in [-0.05, 0) is 31.4 Å². The molecule has 1 heterocycles. The summed E-state index contributed by atoms with van der Waals surface area (Å²) in [6, 6.07) is 8.15. The highest BCUT2D eigenvalue weighted by atomic mass is 32.1. The molecule has 2 aromatic rings. The first-order chi connectivity index (χ1) is 8.13. The topological polar surface area (TPSA) is 38.9 Å². The van der Waals surface area contributed by atoms with Crippen LogP contribution in [0.3, 0.4) is 0 Å². The van der Waals surface area contributed by atoms with Gasteiger partial charge in [-0.25, -0.2) is 4.98 Å². The van der Waals surface area contributed by atoms with Crippen LogP contribution in [-0.4, -0.2) is 4.98 Å². The van der Waals surface area contributed by atoms with Crippen molar-refractivity contribution >= 4 is 11.3 Å². The van der Waals surface area contributed by atoms with Crippen LogP contribution < -0.4 is 5.73 Å². The first-order valence-corrected chi connectivity index (χ1v) is 6.72. The summed E-state index contributed by atoms with van der Waals surface area (Å²) in [6.07, 6.45) is 0.975. The molecular weight excluding hydrogens is 228 g/mol. The summed E-state index contributed by atoms with van der Waals surface area (Å²) in [5, 5.41) is 1.02. The molecule has 2 rings (SSSR count). The lowest BCUT2D eigenvalue weighted by Crippen LogP contribution is -2.13. The van der Waals surface area contributed by atoms with Crippen LogP contribution in [0, 0.1) is 13.8 Å². The Kier molecular flexibility index (Phi) is 3.60. The van der Waals surface area contributed by atoms with Crippen LogP contribution in [0.4, 0.5) is 0 Å². The Morgan fingerprint density at radius 3 is 2.59 bits per heavy atom. The van der Waals surface area contributed by atoms with E-state index in [-0.39, 0.29) is 6.04 Å². The highest BCUT2D eigenvalue weighted by Crippen LogP contribution is 2.28. The molecule has 0 fully saturated rings. The van der Waals surface area contributed by atoms with Crippen LogP contribution in [0.15, 0.2) is 24.3 Å². The Morgan fingerprint density at radius 1 is 1.29 bits per heavy atom. The number of nitrogens with zero attached hydrogens (tertiary/aromatic N) is 1. The first kappa shape index (κ1) is 12.3. The number of benzene rings is 1. The van der Waals surface area contributed by atoms with Crippen LogP contribution in [0.1, 0.15) is 39.7 Å². The average Bonchev–Trinajstić information content (AvgIpc) is 2.70. The van der Waals surface area contributed by atoms with Gasteiger partial charge in [-0.15, -0.1) is 11.3 Å². The molecule has 0 aliphatic heterocycles. The number of rotatable bonds is 3. The van der Waals surface area contributed by atoms with Gasteiger partial charge in [0.15, 0.2) is 0 Å². The number of aromatic nitrogens is 1. The summed E-state index contributed by atoms with van der Waals surface area (Å²) < 4.78 is 0. The minimum Gasteiger partial charge on any atom is -0.318 e. The van der Waals surface area contributed by atoms with Crippen molar-refractivity contribution in [2.45, 2.75) is 33.2 Å².